The van der Waals surface area contributed by atoms with Gasteiger partial charge in [0.15, 0.2) is 0 Å². The number of carbonyl (C=O) groups excluding carboxylic acids is 1. The third-order valence-electron chi connectivity index (χ3n) is 7.34. The molecule has 1 aromatic carbocycles. The first kappa shape index (κ1) is 16.4. The molecule has 1 aromatic rings. The van der Waals surface area contributed by atoms with Crippen LogP contribution in [0.15, 0.2) is 24.3 Å². The molecule has 23 heavy (non-hydrogen) atoms. The zero-order chi connectivity index (χ0) is 17.0. The van der Waals surface area contributed by atoms with Crippen LogP contribution in [0.5, 0.6) is 0 Å². The Hall–Kier alpha value is -1.51. The topological polar surface area (TPSA) is 32.3 Å². The van der Waals surface area contributed by atoms with E-state index in [1.54, 1.807) is 0 Å². The molecule has 0 unspecified atom stereocenters. The third kappa shape index (κ3) is 2.20. The minimum atomic E-state index is -0.114. The van der Waals surface area contributed by atoms with E-state index >= 15 is 0 Å². The van der Waals surface area contributed by atoms with Crippen molar-refractivity contribution in [3.63, 3.8) is 0 Å². The Balaban J connectivity index is 1.81. The largest absolute Gasteiger partial charge is 0.378 e. The Bertz CT molecular complexity index is 619. The summed E-state index contributed by atoms with van der Waals surface area (Å²) in [6, 6.07) is 7.86. The molecule has 0 radical (unpaired) electrons. The molecule has 3 heteroatoms. The highest BCUT2D eigenvalue weighted by atomic mass is 16.1. The van der Waals surface area contributed by atoms with Gasteiger partial charge in [0.25, 0.3) is 5.91 Å². The molecule has 1 N–H and O–H groups in total. The molecule has 1 amide bonds. The van der Waals surface area contributed by atoms with Gasteiger partial charge in [-0.2, -0.15) is 0 Å². The van der Waals surface area contributed by atoms with Gasteiger partial charge in [-0.3, -0.25) is 4.79 Å². The van der Waals surface area contributed by atoms with Crippen molar-refractivity contribution in [1.82, 2.24) is 5.32 Å². The SMILES string of the molecule is CN(C)c1ccc(C(=O)N[C@]2(C)C[C@H]3CC[C@]2(C)C3(C)C)cc1. The predicted molar refractivity (Wildman–Crippen MR) is 95.9 cm³/mol. The highest BCUT2D eigenvalue weighted by Gasteiger charge is 2.67. The first-order valence-corrected chi connectivity index (χ1v) is 8.71. The van der Waals surface area contributed by atoms with Crippen LogP contribution in [-0.4, -0.2) is 25.5 Å². The van der Waals surface area contributed by atoms with Crippen LogP contribution in [-0.2, 0) is 0 Å². The Labute approximate surface area is 140 Å². The van der Waals surface area contributed by atoms with Gasteiger partial charge in [0.2, 0.25) is 0 Å². The molecular weight excluding hydrogens is 284 g/mol. The van der Waals surface area contributed by atoms with Crippen molar-refractivity contribution in [2.75, 3.05) is 19.0 Å². The average molecular weight is 314 g/mol. The van der Waals surface area contributed by atoms with Crippen molar-refractivity contribution < 1.29 is 4.79 Å². The molecule has 0 aliphatic heterocycles. The summed E-state index contributed by atoms with van der Waals surface area (Å²) in [5.41, 5.74) is 2.21. The van der Waals surface area contributed by atoms with Gasteiger partial charge in [-0.25, -0.2) is 0 Å². The Morgan fingerprint density at radius 1 is 1.13 bits per heavy atom. The summed E-state index contributed by atoms with van der Waals surface area (Å²) in [5.74, 6) is 0.774. The highest BCUT2D eigenvalue weighted by Crippen LogP contribution is 2.69. The normalized spacial score (nSPS) is 34.4. The number of nitrogens with zero attached hydrogens (tertiary/aromatic N) is 1. The molecule has 2 aliphatic carbocycles. The van der Waals surface area contributed by atoms with Gasteiger partial charge in [-0.1, -0.05) is 20.8 Å². The number of hydrogen-bond donors (Lipinski definition) is 1. The van der Waals surface area contributed by atoms with Gasteiger partial charge in [0.05, 0.1) is 0 Å². The van der Waals surface area contributed by atoms with Gasteiger partial charge < -0.3 is 10.2 Å². The van der Waals surface area contributed by atoms with Crippen molar-refractivity contribution in [2.45, 2.75) is 52.5 Å². The summed E-state index contributed by atoms with van der Waals surface area (Å²) in [5, 5.41) is 3.40. The number of nitrogens with one attached hydrogen (secondary N) is 1. The molecule has 3 rings (SSSR count). The molecule has 126 valence electrons. The number of anilines is 1. The van der Waals surface area contributed by atoms with E-state index in [-0.39, 0.29) is 16.9 Å². The van der Waals surface area contributed by atoms with Crippen molar-refractivity contribution in [2.24, 2.45) is 16.7 Å². The van der Waals surface area contributed by atoms with E-state index in [1.165, 1.54) is 12.8 Å². The van der Waals surface area contributed by atoms with Gasteiger partial charge >= 0.3 is 0 Å². The first-order chi connectivity index (χ1) is 10.6. The maximum absolute atomic E-state index is 12.8. The lowest BCUT2D eigenvalue weighted by atomic mass is 9.63. The zero-order valence-corrected chi connectivity index (χ0v) is 15.4. The van der Waals surface area contributed by atoms with E-state index in [0.717, 1.165) is 17.7 Å². The number of benzene rings is 1. The fourth-order valence-corrected chi connectivity index (χ4v) is 5.08. The number of rotatable bonds is 3. The van der Waals surface area contributed by atoms with E-state index in [1.807, 2.05) is 43.3 Å². The van der Waals surface area contributed by atoms with Gasteiger partial charge in [-0.15, -0.1) is 0 Å². The molecule has 2 bridgehead atoms. The number of fused-ring (bicyclic) bond motifs is 2. The predicted octanol–water partition coefficient (Wildman–Crippen LogP) is 4.09. The van der Waals surface area contributed by atoms with Crippen LogP contribution < -0.4 is 10.2 Å². The van der Waals surface area contributed by atoms with E-state index in [2.05, 4.69) is 33.0 Å². The van der Waals surface area contributed by atoms with Crippen molar-refractivity contribution >= 4 is 11.6 Å². The van der Waals surface area contributed by atoms with Gasteiger partial charge in [0.1, 0.15) is 0 Å². The molecule has 2 aliphatic rings. The van der Waals surface area contributed by atoms with Crippen LogP contribution in [0.1, 0.15) is 57.3 Å². The van der Waals surface area contributed by atoms with Gasteiger partial charge in [0, 0.05) is 30.9 Å². The summed E-state index contributed by atoms with van der Waals surface area (Å²) in [6.45, 7) is 9.39. The summed E-state index contributed by atoms with van der Waals surface area (Å²) >= 11 is 0. The van der Waals surface area contributed by atoms with Crippen LogP contribution in [0.3, 0.4) is 0 Å². The lowest BCUT2D eigenvalue weighted by Crippen LogP contribution is -2.56. The second-order valence-electron chi connectivity index (χ2n) is 8.72. The second-order valence-corrected chi connectivity index (χ2v) is 8.72. The molecule has 0 aromatic heterocycles. The quantitative estimate of drug-likeness (QED) is 0.911. The maximum Gasteiger partial charge on any atom is 0.251 e. The van der Waals surface area contributed by atoms with Crippen LogP contribution in [0, 0.1) is 16.7 Å². The molecule has 2 saturated carbocycles. The van der Waals surface area contributed by atoms with E-state index in [0.29, 0.717) is 11.3 Å². The van der Waals surface area contributed by atoms with E-state index in [4.69, 9.17) is 0 Å². The summed E-state index contributed by atoms with van der Waals surface area (Å²) in [4.78, 5) is 14.8. The Morgan fingerprint density at radius 2 is 1.74 bits per heavy atom. The molecule has 3 nitrogen and oxygen atoms in total. The lowest BCUT2D eigenvalue weighted by Gasteiger charge is -2.47. The molecule has 0 saturated heterocycles. The molecule has 3 atom stereocenters. The fraction of sp³-hybridized carbons (Fsp3) is 0.650. The summed E-state index contributed by atoms with van der Waals surface area (Å²) in [7, 11) is 4.02. The molecule has 2 fully saturated rings. The smallest absolute Gasteiger partial charge is 0.251 e. The maximum atomic E-state index is 12.8. The van der Waals surface area contributed by atoms with Gasteiger partial charge in [-0.05, 0) is 67.2 Å². The summed E-state index contributed by atoms with van der Waals surface area (Å²) in [6.07, 6.45) is 3.60. The zero-order valence-electron chi connectivity index (χ0n) is 15.4. The fourth-order valence-electron chi connectivity index (χ4n) is 5.08. The van der Waals surface area contributed by atoms with Crippen LogP contribution in [0.4, 0.5) is 5.69 Å². The first-order valence-electron chi connectivity index (χ1n) is 8.71. The third-order valence-corrected chi connectivity index (χ3v) is 7.34. The average Bonchev–Trinajstić information content (AvgIpc) is 2.79. The van der Waals surface area contributed by atoms with Crippen molar-refractivity contribution in [3.8, 4) is 0 Å². The van der Waals surface area contributed by atoms with Crippen LogP contribution in [0.2, 0.25) is 0 Å². The minimum Gasteiger partial charge on any atom is -0.378 e. The molecule has 0 heterocycles. The molecule has 0 spiro atoms. The summed E-state index contributed by atoms with van der Waals surface area (Å²) < 4.78 is 0. The van der Waals surface area contributed by atoms with Crippen molar-refractivity contribution in [1.29, 1.82) is 0 Å². The van der Waals surface area contributed by atoms with E-state index in [9.17, 15) is 4.79 Å². The number of amides is 1. The standard InChI is InChI=1S/C20H30N2O/c1-18(2)15-11-12-19(18,3)20(4,13-15)21-17(23)14-7-9-16(10-8-14)22(5)6/h7-10,15H,11-13H2,1-6H3,(H,21,23)/t15-,19-,20-/m1/s1. The second kappa shape index (κ2) is 4.99. The minimum absolute atomic E-state index is 0.0578. The van der Waals surface area contributed by atoms with Crippen LogP contribution >= 0.6 is 0 Å². The number of hydrogen-bond acceptors (Lipinski definition) is 2. The van der Waals surface area contributed by atoms with Crippen LogP contribution in [0.25, 0.3) is 0 Å². The molecular formula is C20H30N2O. The Morgan fingerprint density at radius 3 is 2.17 bits per heavy atom. The number of carbonyl (C=O) groups is 1. The lowest BCUT2D eigenvalue weighted by molar-refractivity contribution is 0.0536. The highest BCUT2D eigenvalue weighted by molar-refractivity contribution is 5.95. The van der Waals surface area contributed by atoms with Crippen molar-refractivity contribution in [3.05, 3.63) is 29.8 Å². The Kier molecular flexibility index (Phi) is 3.55. The monoisotopic (exact) mass is 314 g/mol. The van der Waals surface area contributed by atoms with E-state index < -0.39 is 0 Å².